The molecule has 0 atom stereocenters. The molecule has 2 nitrogen and oxygen atoms in total. The van der Waals surface area contributed by atoms with E-state index in [0.29, 0.717) is 0 Å². The zero-order chi connectivity index (χ0) is 9.80. The zero-order valence-electron chi connectivity index (χ0n) is 7.63. The van der Waals surface area contributed by atoms with Crippen molar-refractivity contribution >= 4 is 28.3 Å². The van der Waals surface area contributed by atoms with E-state index >= 15 is 0 Å². The van der Waals surface area contributed by atoms with E-state index < -0.39 is 0 Å². The molecule has 0 spiro atoms. The third-order valence-electron chi connectivity index (χ3n) is 1.97. The average Bonchev–Trinajstić information content (AvgIpc) is 2.67. The Labute approximate surface area is 96.9 Å². The molecule has 2 rings (SSSR count). The van der Waals surface area contributed by atoms with Gasteiger partial charge in [0.15, 0.2) is 0 Å². The number of aromatic amines is 1. The average molecular weight is 298 g/mol. The lowest BCUT2D eigenvalue weighted by Gasteiger charge is -2.04. The summed E-state index contributed by atoms with van der Waals surface area (Å²) >= 11 is 2.31. The van der Waals surface area contributed by atoms with Crippen molar-refractivity contribution in [2.75, 3.05) is 5.32 Å². The van der Waals surface area contributed by atoms with Crippen LogP contribution < -0.4 is 5.32 Å². The molecule has 1 heterocycles. The van der Waals surface area contributed by atoms with Crippen LogP contribution in [0, 0.1) is 3.57 Å². The molecule has 0 bridgehead atoms. The molecule has 1 aromatic heterocycles. The first-order valence-corrected chi connectivity index (χ1v) is 5.54. The number of rotatable bonds is 3. The third-order valence-corrected chi connectivity index (χ3v) is 2.64. The summed E-state index contributed by atoms with van der Waals surface area (Å²) in [6, 6.07) is 12.4. The molecule has 0 saturated heterocycles. The lowest BCUT2D eigenvalue weighted by Crippen LogP contribution is -1.99. The molecular weight excluding hydrogens is 287 g/mol. The molecule has 14 heavy (non-hydrogen) atoms. The van der Waals surface area contributed by atoms with Crippen LogP contribution in [0.5, 0.6) is 0 Å². The largest absolute Gasteiger partial charge is 0.379 e. The van der Waals surface area contributed by atoms with Gasteiger partial charge in [0, 0.05) is 21.1 Å². The standard InChI is InChI=1S/C11H11IN2/c12-9-3-1-4-10(7-9)14-8-11-5-2-6-13-11/h1-7,13-14H,8H2. The minimum absolute atomic E-state index is 0.840. The molecule has 72 valence electrons. The van der Waals surface area contributed by atoms with Gasteiger partial charge in [0.1, 0.15) is 0 Å². The highest BCUT2D eigenvalue weighted by Gasteiger charge is 1.94. The van der Waals surface area contributed by atoms with Gasteiger partial charge in [0.25, 0.3) is 0 Å². The maximum Gasteiger partial charge on any atom is 0.0551 e. The Morgan fingerprint density at radius 2 is 2.14 bits per heavy atom. The molecule has 0 saturated carbocycles. The Bertz CT molecular complexity index is 395. The summed E-state index contributed by atoms with van der Waals surface area (Å²) in [7, 11) is 0. The second-order valence-electron chi connectivity index (χ2n) is 3.06. The van der Waals surface area contributed by atoms with Crippen LogP contribution in [0.2, 0.25) is 0 Å². The van der Waals surface area contributed by atoms with Gasteiger partial charge in [-0.25, -0.2) is 0 Å². The fourth-order valence-corrected chi connectivity index (χ4v) is 1.82. The summed E-state index contributed by atoms with van der Waals surface area (Å²) in [6.45, 7) is 0.840. The molecule has 2 N–H and O–H groups in total. The summed E-state index contributed by atoms with van der Waals surface area (Å²) in [5, 5.41) is 3.35. The van der Waals surface area contributed by atoms with Crippen LogP contribution in [0.15, 0.2) is 42.6 Å². The van der Waals surface area contributed by atoms with Gasteiger partial charge in [0.05, 0.1) is 6.54 Å². The van der Waals surface area contributed by atoms with Crippen molar-refractivity contribution in [2.45, 2.75) is 6.54 Å². The van der Waals surface area contributed by atoms with Crippen molar-refractivity contribution in [1.82, 2.24) is 4.98 Å². The van der Waals surface area contributed by atoms with Crippen molar-refractivity contribution in [1.29, 1.82) is 0 Å². The SMILES string of the molecule is Ic1cccc(NCc2ccc[nH]2)c1. The molecule has 0 aliphatic carbocycles. The zero-order valence-corrected chi connectivity index (χ0v) is 9.78. The highest BCUT2D eigenvalue weighted by Crippen LogP contribution is 2.13. The van der Waals surface area contributed by atoms with Gasteiger partial charge in [0.2, 0.25) is 0 Å². The second kappa shape index (κ2) is 4.50. The summed E-state index contributed by atoms with van der Waals surface area (Å²) in [5.74, 6) is 0. The fourth-order valence-electron chi connectivity index (χ4n) is 1.27. The number of nitrogens with one attached hydrogen (secondary N) is 2. The van der Waals surface area contributed by atoms with Crippen LogP contribution in [0.1, 0.15) is 5.69 Å². The minimum Gasteiger partial charge on any atom is -0.379 e. The van der Waals surface area contributed by atoms with Gasteiger partial charge in [-0.2, -0.15) is 0 Å². The van der Waals surface area contributed by atoms with Crippen LogP contribution in [0.3, 0.4) is 0 Å². The lowest BCUT2D eigenvalue weighted by molar-refractivity contribution is 1.07. The number of halogens is 1. The van der Waals surface area contributed by atoms with E-state index in [4.69, 9.17) is 0 Å². The number of hydrogen-bond acceptors (Lipinski definition) is 1. The number of anilines is 1. The van der Waals surface area contributed by atoms with E-state index in [1.165, 1.54) is 9.26 Å². The summed E-state index contributed by atoms with van der Waals surface area (Å²) in [5.41, 5.74) is 2.36. The van der Waals surface area contributed by atoms with E-state index in [1.54, 1.807) is 0 Å². The molecule has 3 heteroatoms. The van der Waals surface area contributed by atoms with Gasteiger partial charge in [-0.15, -0.1) is 0 Å². The normalized spacial score (nSPS) is 10.1. The molecular formula is C11H11IN2. The first-order chi connectivity index (χ1) is 6.84. The van der Waals surface area contributed by atoms with E-state index in [1.807, 2.05) is 12.3 Å². The lowest BCUT2D eigenvalue weighted by atomic mass is 10.3. The van der Waals surface area contributed by atoms with Crippen molar-refractivity contribution in [3.05, 3.63) is 51.9 Å². The Hall–Kier alpha value is -0.970. The Kier molecular flexibility index (Phi) is 3.08. The van der Waals surface area contributed by atoms with E-state index in [-0.39, 0.29) is 0 Å². The fraction of sp³-hybridized carbons (Fsp3) is 0.0909. The number of hydrogen-bond donors (Lipinski definition) is 2. The minimum atomic E-state index is 0.840. The summed E-state index contributed by atoms with van der Waals surface area (Å²) < 4.78 is 1.25. The van der Waals surface area contributed by atoms with Crippen molar-refractivity contribution in [3.63, 3.8) is 0 Å². The molecule has 0 radical (unpaired) electrons. The van der Waals surface area contributed by atoms with Crippen LogP contribution in [-0.2, 0) is 6.54 Å². The van der Waals surface area contributed by atoms with Crippen molar-refractivity contribution < 1.29 is 0 Å². The molecule has 0 aliphatic rings. The van der Waals surface area contributed by atoms with Gasteiger partial charge in [-0.05, 0) is 52.9 Å². The van der Waals surface area contributed by atoms with Crippen molar-refractivity contribution in [3.8, 4) is 0 Å². The quantitative estimate of drug-likeness (QED) is 0.837. The Balaban J connectivity index is 1.98. The van der Waals surface area contributed by atoms with Crippen LogP contribution in [-0.4, -0.2) is 4.98 Å². The molecule has 1 aromatic carbocycles. The first-order valence-electron chi connectivity index (χ1n) is 4.46. The highest BCUT2D eigenvalue weighted by atomic mass is 127. The van der Waals surface area contributed by atoms with Crippen LogP contribution >= 0.6 is 22.6 Å². The second-order valence-corrected chi connectivity index (χ2v) is 4.30. The van der Waals surface area contributed by atoms with Gasteiger partial charge < -0.3 is 10.3 Å². The molecule has 0 aliphatic heterocycles. The molecule has 0 fully saturated rings. The van der Waals surface area contributed by atoms with Crippen LogP contribution in [0.4, 0.5) is 5.69 Å². The molecule has 0 unspecified atom stereocenters. The Morgan fingerprint density at radius 1 is 1.21 bits per heavy atom. The van der Waals surface area contributed by atoms with Gasteiger partial charge in [-0.1, -0.05) is 6.07 Å². The number of benzene rings is 1. The maximum atomic E-state index is 3.35. The maximum absolute atomic E-state index is 3.35. The topological polar surface area (TPSA) is 27.8 Å². The number of aromatic nitrogens is 1. The smallest absolute Gasteiger partial charge is 0.0551 e. The summed E-state index contributed by atoms with van der Waals surface area (Å²) in [4.78, 5) is 3.16. The predicted molar refractivity (Wildman–Crippen MR) is 67.3 cm³/mol. The van der Waals surface area contributed by atoms with E-state index in [2.05, 4.69) is 63.2 Å². The first kappa shape index (κ1) is 9.58. The van der Waals surface area contributed by atoms with Crippen LogP contribution in [0.25, 0.3) is 0 Å². The molecule has 0 amide bonds. The highest BCUT2D eigenvalue weighted by molar-refractivity contribution is 14.1. The van der Waals surface area contributed by atoms with Gasteiger partial charge in [-0.3, -0.25) is 0 Å². The third kappa shape index (κ3) is 2.51. The van der Waals surface area contributed by atoms with E-state index in [9.17, 15) is 0 Å². The Morgan fingerprint density at radius 3 is 2.86 bits per heavy atom. The summed E-state index contributed by atoms with van der Waals surface area (Å²) in [6.07, 6.45) is 1.94. The monoisotopic (exact) mass is 298 g/mol. The molecule has 2 aromatic rings. The van der Waals surface area contributed by atoms with Gasteiger partial charge >= 0.3 is 0 Å². The van der Waals surface area contributed by atoms with E-state index in [0.717, 1.165) is 12.2 Å². The van der Waals surface area contributed by atoms with Crippen molar-refractivity contribution in [2.24, 2.45) is 0 Å². The predicted octanol–water partition coefficient (Wildman–Crippen LogP) is 3.23. The number of H-pyrrole nitrogens is 1.